The van der Waals surface area contributed by atoms with Crippen molar-refractivity contribution in [2.45, 2.75) is 57.2 Å². The van der Waals surface area contributed by atoms with E-state index in [2.05, 4.69) is 27.6 Å². The van der Waals surface area contributed by atoms with E-state index in [1.165, 1.54) is 29.0 Å². The maximum atomic E-state index is 14.0. The molecule has 2 aliphatic heterocycles. The fraction of sp³-hybridized carbons (Fsp3) is 0.286. The summed E-state index contributed by atoms with van der Waals surface area (Å²) in [7, 11) is 0. The molecule has 2 N–H and O–H groups in total. The molecule has 46 heavy (non-hydrogen) atoms. The Kier molecular flexibility index (Phi) is 7.02. The average molecular weight is 636 g/mol. The van der Waals surface area contributed by atoms with E-state index in [9.17, 15) is 19.1 Å². The standard InChI is InChI=1S/C35H30FN5O4S/c1-18-39-40-34(45-18)29-24(17-26(42)20-8-11-21(36)12-9-20)37-32-25-7-4-16-41(25)35(44)31(32)30(29)27-14-15-28(46-27)33(43)38-23-13-10-19-5-2-3-6-22(19)23/h2-3,5-6,8-9,11-12,14-15,23,25-26,42H,4,7,10,13,16-17H2,1H3,(H,38,43)/t23-,25+,26?/m1/s1. The molecule has 3 aromatic heterocycles. The van der Waals surface area contributed by atoms with Crippen LogP contribution in [0.1, 0.15) is 91.4 Å². The van der Waals surface area contributed by atoms with Gasteiger partial charge >= 0.3 is 0 Å². The molecule has 3 atom stereocenters. The molecule has 2 amide bonds. The summed E-state index contributed by atoms with van der Waals surface area (Å²) < 4.78 is 19.6. The van der Waals surface area contributed by atoms with Gasteiger partial charge in [-0.15, -0.1) is 21.5 Å². The van der Waals surface area contributed by atoms with Crippen LogP contribution in [0, 0.1) is 12.7 Å². The van der Waals surface area contributed by atoms with Crippen LogP contribution in [0.3, 0.4) is 0 Å². The maximum Gasteiger partial charge on any atom is 0.261 e. The highest BCUT2D eigenvalue weighted by atomic mass is 32.1. The van der Waals surface area contributed by atoms with E-state index in [0.717, 1.165) is 31.2 Å². The second-order valence-corrected chi connectivity index (χ2v) is 13.1. The van der Waals surface area contributed by atoms with Gasteiger partial charge in [-0.05, 0) is 66.6 Å². The third-order valence-corrected chi connectivity index (χ3v) is 10.3. The SMILES string of the molecule is Cc1nnc(-c2c(CC(O)c3ccc(F)cc3)nc3c(c2-c2ccc(C(=O)N[C@@H]4CCc5ccccc54)s2)C(=O)N2CCC[C@@H]32)o1. The highest BCUT2D eigenvalue weighted by Crippen LogP contribution is 2.49. The Labute approximate surface area is 268 Å². The highest BCUT2D eigenvalue weighted by Gasteiger charge is 2.45. The lowest BCUT2D eigenvalue weighted by Gasteiger charge is -2.18. The minimum absolute atomic E-state index is 0.0589. The van der Waals surface area contributed by atoms with Crippen molar-refractivity contribution in [3.63, 3.8) is 0 Å². The van der Waals surface area contributed by atoms with Crippen LogP contribution in [0.15, 0.2) is 65.1 Å². The Morgan fingerprint density at radius 3 is 2.72 bits per heavy atom. The van der Waals surface area contributed by atoms with Crippen molar-refractivity contribution in [2.75, 3.05) is 6.54 Å². The summed E-state index contributed by atoms with van der Waals surface area (Å²) >= 11 is 1.29. The van der Waals surface area contributed by atoms with E-state index < -0.39 is 11.9 Å². The number of hydrogen-bond donors (Lipinski definition) is 2. The quantitative estimate of drug-likeness (QED) is 0.216. The van der Waals surface area contributed by atoms with Crippen LogP contribution in [-0.4, -0.2) is 43.5 Å². The number of carbonyl (C=O) groups is 2. The zero-order valence-corrected chi connectivity index (χ0v) is 25.8. The van der Waals surface area contributed by atoms with Crippen molar-refractivity contribution >= 4 is 23.2 Å². The third kappa shape index (κ3) is 4.81. The Morgan fingerprint density at radius 1 is 1.09 bits per heavy atom. The molecule has 1 saturated heterocycles. The van der Waals surface area contributed by atoms with Gasteiger partial charge in [0.25, 0.3) is 11.8 Å². The van der Waals surface area contributed by atoms with Crippen LogP contribution in [-0.2, 0) is 12.8 Å². The molecule has 0 spiro atoms. The van der Waals surface area contributed by atoms with E-state index in [1.54, 1.807) is 25.1 Å². The molecule has 5 heterocycles. The van der Waals surface area contributed by atoms with Gasteiger partial charge in [0.15, 0.2) is 0 Å². The van der Waals surface area contributed by atoms with Crippen molar-refractivity contribution in [1.82, 2.24) is 25.4 Å². The monoisotopic (exact) mass is 635 g/mol. The minimum Gasteiger partial charge on any atom is -0.421 e. The number of rotatable bonds is 7. The molecule has 1 unspecified atom stereocenters. The van der Waals surface area contributed by atoms with Gasteiger partial charge in [-0.2, -0.15) is 0 Å². The largest absolute Gasteiger partial charge is 0.421 e. The van der Waals surface area contributed by atoms with Gasteiger partial charge in [-0.1, -0.05) is 36.4 Å². The number of thiophene rings is 1. The number of halogens is 1. The molecule has 0 bridgehead atoms. The number of aliphatic hydroxyl groups is 1. The molecule has 9 nitrogen and oxygen atoms in total. The lowest BCUT2D eigenvalue weighted by atomic mass is 9.92. The summed E-state index contributed by atoms with van der Waals surface area (Å²) in [6, 6.07) is 17.2. The smallest absolute Gasteiger partial charge is 0.261 e. The summed E-state index contributed by atoms with van der Waals surface area (Å²) in [6.45, 7) is 2.31. The number of pyridine rings is 1. The molecule has 5 aromatic rings. The molecule has 2 aromatic carbocycles. The lowest BCUT2D eigenvalue weighted by molar-refractivity contribution is 0.0775. The van der Waals surface area contributed by atoms with E-state index in [-0.39, 0.29) is 36.2 Å². The molecule has 8 rings (SSSR count). The molecular formula is C35H30FN5O4S. The number of nitrogens with zero attached hydrogens (tertiary/aromatic N) is 4. The van der Waals surface area contributed by atoms with Crippen molar-refractivity contribution in [3.05, 3.63) is 111 Å². The van der Waals surface area contributed by atoms with Crippen molar-refractivity contribution in [2.24, 2.45) is 0 Å². The van der Waals surface area contributed by atoms with Gasteiger partial charge < -0.3 is 19.7 Å². The number of amides is 2. The Morgan fingerprint density at radius 2 is 1.91 bits per heavy atom. The molecule has 1 fully saturated rings. The molecule has 11 heteroatoms. The minimum atomic E-state index is -1.02. The van der Waals surface area contributed by atoms with Crippen LogP contribution in [0.25, 0.3) is 21.9 Å². The molecular weight excluding hydrogens is 605 g/mol. The molecule has 0 radical (unpaired) electrons. The summed E-state index contributed by atoms with van der Waals surface area (Å²) in [5, 5.41) is 22.9. The van der Waals surface area contributed by atoms with Crippen LogP contribution < -0.4 is 5.32 Å². The van der Waals surface area contributed by atoms with Crippen LogP contribution in [0.2, 0.25) is 0 Å². The number of fused-ring (bicyclic) bond motifs is 4. The Bertz CT molecular complexity index is 2000. The number of benzene rings is 2. The zero-order chi connectivity index (χ0) is 31.5. The zero-order valence-electron chi connectivity index (χ0n) is 25.0. The third-order valence-electron chi connectivity index (χ3n) is 9.24. The predicted octanol–water partition coefficient (Wildman–Crippen LogP) is 6.29. The number of aromatic nitrogens is 3. The first kappa shape index (κ1) is 28.7. The summed E-state index contributed by atoms with van der Waals surface area (Å²) in [5.41, 5.74) is 5.55. The first-order chi connectivity index (χ1) is 22.4. The van der Waals surface area contributed by atoms with E-state index in [0.29, 0.717) is 55.8 Å². The van der Waals surface area contributed by atoms with Crippen molar-refractivity contribution < 1.29 is 23.5 Å². The predicted molar refractivity (Wildman–Crippen MR) is 169 cm³/mol. The van der Waals surface area contributed by atoms with Crippen molar-refractivity contribution in [3.8, 4) is 21.9 Å². The van der Waals surface area contributed by atoms with E-state index >= 15 is 0 Å². The molecule has 232 valence electrons. The maximum absolute atomic E-state index is 14.0. The van der Waals surface area contributed by atoms with Gasteiger partial charge in [0.2, 0.25) is 11.8 Å². The average Bonchev–Trinajstić information content (AvgIpc) is 3.89. The molecule has 1 aliphatic carbocycles. The highest BCUT2D eigenvalue weighted by molar-refractivity contribution is 7.17. The Hall–Kier alpha value is -4.74. The second kappa shape index (κ2) is 11.3. The molecule has 3 aliphatic rings. The van der Waals surface area contributed by atoms with Gasteiger partial charge in [-0.25, -0.2) is 4.39 Å². The number of aryl methyl sites for hydroxylation is 2. The van der Waals surface area contributed by atoms with Crippen LogP contribution >= 0.6 is 11.3 Å². The van der Waals surface area contributed by atoms with Gasteiger partial charge in [0, 0.05) is 30.3 Å². The summed E-state index contributed by atoms with van der Waals surface area (Å²) in [4.78, 5) is 35.7. The van der Waals surface area contributed by atoms with Gasteiger partial charge in [-0.3, -0.25) is 14.6 Å². The van der Waals surface area contributed by atoms with E-state index in [1.807, 2.05) is 23.1 Å². The first-order valence-electron chi connectivity index (χ1n) is 15.5. The van der Waals surface area contributed by atoms with Gasteiger partial charge in [0.05, 0.1) is 45.6 Å². The van der Waals surface area contributed by atoms with Crippen LogP contribution in [0.5, 0.6) is 0 Å². The van der Waals surface area contributed by atoms with Crippen molar-refractivity contribution in [1.29, 1.82) is 0 Å². The number of aliphatic hydroxyl groups excluding tert-OH is 1. The summed E-state index contributed by atoms with van der Waals surface area (Å²) in [6.07, 6.45) is 2.46. The lowest BCUT2D eigenvalue weighted by Crippen LogP contribution is -2.26. The fourth-order valence-electron chi connectivity index (χ4n) is 7.09. The van der Waals surface area contributed by atoms with Crippen LogP contribution in [0.4, 0.5) is 4.39 Å². The number of nitrogens with one attached hydrogen (secondary N) is 1. The summed E-state index contributed by atoms with van der Waals surface area (Å²) in [5.74, 6) is -0.194. The number of hydrogen-bond acceptors (Lipinski definition) is 8. The van der Waals surface area contributed by atoms with E-state index in [4.69, 9.17) is 9.40 Å². The fourth-order valence-corrected chi connectivity index (χ4v) is 8.06. The normalized spacial score (nSPS) is 18.8. The van der Waals surface area contributed by atoms with Gasteiger partial charge in [0.1, 0.15) is 5.82 Å². The topological polar surface area (TPSA) is 121 Å². The Balaban J connectivity index is 1.24. The first-order valence-corrected chi connectivity index (χ1v) is 16.3. The number of carbonyl (C=O) groups excluding carboxylic acids is 2. The molecule has 0 saturated carbocycles. The second-order valence-electron chi connectivity index (χ2n) is 12.1.